The highest BCUT2D eigenvalue weighted by atomic mass is 32.2. The molecule has 2 atom stereocenters. The lowest BCUT2D eigenvalue weighted by molar-refractivity contribution is 0.195. The molecule has 102 valence electrons. The van der Waals surface area contributed by atoms with E-state index in [1.165, 1.54) is 6.42 Å². The number of carbonyl (C=O) groups is 1. The molecule has 2 aliphatic rings. The Morgan fingerprint density at radius 3 is 2.84 bits per heavy atom. The van der Waals surface area contributed by atoms with Crippen molar-refractivity contribution < 1.29 is 9.53 Å². The number of thioether (sulfide) groups is 1. The van der Waals surface area contributed by atoms with E-state index >= 15 is 0 Å². The number of hydrogen-bond donors (Lipinski definition) is 1. The maximum Gasteiger partial charge on any atom is 0.317 e. The summed E-state index contributed by atoms with van der Waals surface area (Å²) >= 11 is 2.00. The fraction of sp³-hybridized carbons (Fsp3) is 0.500. The van der Waals surface area contributed by atoms with Gasteiger partial charge in [-0.3, -0.25) is 0 Å². The first kappa shape index (κ1) is 12.7. The van der Waals surface area contributed by atoms with Gasteiger partial charge in [0.1, 0.15) is 5.75 Å². The standard InChI is InChI=1S/C14H18N2O2S/c1-18-12-4-2-10(3-5-12)7-15-14(17)16-8-13-6-11(16)9-19-13/h2-5,11,13H,6-9H2,1H3,(H,15,17). The van der Waals surface area contributed by atoms with Gasteiger partial charge in [-0.25, -0.2) is 4.79 Å². The molecule has 0 saturated carbocycles. The predicted molar refractivity (Wildman–Crippen MR) is 76.6 cm³/mol. The van der Waals surface area contributed by atoms with Crippen molar-refractivity contribution in [1.82, 2.24) is 10.2 Å². The van der Waals surface area contributed by atoms with Gasteiger partial charge in [-0.05, 0) is 24.1 Å². The van der Waals surface area contributed by atoms with Crippen molar-refractivity contribution in [2.45, 2.75) is 24.3 Å². The monoisotopic (exact) mass is 278 g/mol. The van der Waals surface area contributed by atoms with Crippen molar-refractivity contribution in [1.29, 1.82) is 0 Å². The fourth-order valence-corrected chi connectivity index (χ4v) is 4.11. The number of methoxy groups -OCH3 is 1. The van der Waals surface area contributed by atoms with Crippen molar-refractivity contribution in [2.75, 3.05) is 19.4 Å². The van der Waals surface area contributed by atoms with Crippen molar-refractivity contribution >= 4 is 17.8 Å². The van der Waals surface area contributed by atoms with Gasteiger partial charge >= 0.3 is 6.03 Å². The van der Waals surface area contributed by atoms with Crippen LogP contribution in [0.25, 0.3) is 0 Å². The van der Waals surface area contributed by atoms with Crippen molar-refractivity contribution in [3.8, 4) is 5.75 Å². The molecule has 0 aliphatic carbocycles. The SMILES string of the molecule is COc1ccc(CNC(=O)N2CC3CC2CS3)cc1. The summed E-state index contributed by atoms with van der Waals surface area (Å²) in [6, 6.07) is 8.30. The van der Waals surface area contributed by atoms with Crippen LogP contribution in [0.4, 0.5) is 4.79 Å². The number of amides is 2. The van der Waals surface area contributed by atoms with E-state index in [0.29, 0.717) is 17.8 Å². The molecular formula is C14H18N2O2S. The summed E-state index contributed by atoms with van der Waals surface area (Å²) in [5.41, 5.74) is 1.09. The summed E-state index contributed by atoms with van der Waals surface area (Å²) in [5, 5.41) is 3.66. The normalized spacial score (nSPS) is 24.6. The van der Waals surface area contributed by atoms with E-state index in [9.17, 15) is 4.79 Å². The zero-order valence-corrected chi connectivity index (χ0v) is 11.8. The van der Waals surface area contributed by atoms with Crippen molar-refractivity contribution in [3.05, 3.63) is 29.8 Å². The first-order valence-corrected chi connectivity index (χ1v) is 7.60. The number of ether oxygens (including phenoxy) is 1. The summed E-state index contributed by atoms with van der Waals surface area (Å²) < 4.78 is 5.11. The summed E-state index contributed by atoms with van der Waals surface area (Å²) in [6.45, 7) is 1.48. The van der Waals surface area contributed by atoms with Gasteiger partial charge < -0.3 is 15.0 Å². The van der Waals surface area contributed by atoms with Crippen molar-refractivity contribution in [3.63, 3.8) is 0 Å². The molecule has 19 heavy (non-hydrogen) atoms. The van der Waals surface area contributed by atoms with E-state index < -0.39 is 0 Å². The lowest BCUT2D eigenvalue weighted by Crippen LogP contribution is -2.45. The maximum atomic E-state index is 12.1. The third kappa shape index (κ3) is 2.66. The number of benzene rings is 1. The highest BCUT2D eigenvalue weighted by Gasteiger charge is 2.40. The number of nitrogens with one attached hydrogen (secondary N) is 1. The predicted octanol–water partition coefficient (Wildman–Crippen LogP) is 2.09. The topological polar surface area (TPSA) is 41.6 Å². The zero-order chi connectivity index (χ0) is 13.2. The summed E-state index contributed by atoms with van der Waals surface area (Å²) in [6.07, 6.45) is 1.17. The number of urea groups is 1. The van der Waals surface area contributed by atoms with Crippen LogP contribution in [0.5, 0.6) is 5.75 Å². The molecule has 2 bridgehead atoms. The van der Waals surface area contributed by atoms with Crippen LogP contribution in [0.15, 0.2) is 24.3 Å². The molecule has 0 aromatic heterocycles. The largest absolute Gasteiger partial charge is 0.497 e. The molecule has 4 nitrogen and oxygen atoms in total. The Balaban J connectivity index is 1.52. The van der Waals surface area contributed by atoms with Crippen LogP contribution in [-0.4, -0.2) is 41.6 Å². The van der Waals surface area contributed by atoms with Crippen LogP contribution >= 0.6 is 11.8 Å². The maximum absolute atomic E-state index is 12.1. The molecule has 0 spiro atoms. The second kappa shape index (κ2) is 5.33. The van der Waals surface area contributed by atoms with Gasteiger partial charge in [0.15, 0.2) is 0 Å². The number of rotatable bonds is 3. The molecule has 1 N–H and O–H groups in total. The van der Waals surface area contributed by atoms with Gasteiger partial charge in [0.05, 0.1) is 7.11 Å². The van der Waals surface area contributed by atoms with Crippen LogP contribution in [0.1, 0.15) is 12.0 Å². The average Bonchev–Trinajstić information content (AvgIpc) is 3.08. The first-order valence-electron chi connectivity index (χ1n) is 6.55. The molecule has 2 amide bonds. The summed E-state index contributed by atoms with van der Waals surface area (Å²) in [7, 11) is 1.65. The lowest BCUT2D eigenvalue weighted by atomic mass is 10.2. The van der Waals surface area contributed by atoms with Crippen molar-refractivity contribution in [2.24, 2.45) is 0 Å². The van der Waals surface area contributed by atoms with E-state index in [4.69, 9.17) is 4.74 Å². The molecule has 1 aromatic carbocycles. The van der Waals surface area contributed by atoms with Gasteiger partial charge in [-0.2, -0.15) is 11.8 Å². The zero-order valence-electron chi connectivity index (χ0n) is 11.0. The van der Waals surface area contributed by atoms with E-state index in [2.05, 4.69) is 5.32 Å². The van der Waals surface area contributed by atoms with Gasteiger partial charge in [0.25, 0.3) is 0 Å². The lowest BCUT2D eigenvalue weighted by Gasteiger charge is -2.26. The van der Waals surface area contributed by atoms with E-state index in [1.807, 2.05) is 40.9 Å². The third-order valence-electron chi connectivity index (χ3n) is 3.76. The minimum absolute atomic E-state index is 0.0728. The van der Waals surface area contributed by atoms with Gasteiger partial charge in [-0.1, -0.05) is 12.1 Å². The van der Waals surface area contributed by atoms with Crippen LogP contribution in [0.2, 0.25) is 0 Å². The number of nitrogens with zero attached hydrogens (tertiary/aromatic N) is 1. The number of carbonyl (C=O) groups excluding carboxylic acids is 1. The average molecular weight is 278 g/mol. The summed E-state index contributed by atoms with van der Waals surface area (Å²) in [4.78, 5) is 14.1. The third-order valence-corrected chi connectivity index (χ3v) is 5.15. The molecule has 2 saturated heterocycles. The second-order valence-electron chi connectivity index (χ2n) is 5.00. The molecule has 2 unspecified atom stereocenters. The fourth-order valence-electron chi connectivity index (χ4n) is 2.67. The Hall–Kier alpha value is -1.36. The molecule has 0 radical (unpaired) electrons. The molecule has 2 fully saturated rings. The van der Waals surface area contributed by atoms with E-state index in [-0.39, 0.29) is 6.03 Å². The molecule has 2 aliphatic heterocycles. The van der Waals surface area contributed by atoms with E-state index in [1.54, 1.807) is 7.11 Å². The first-order chi connectivity index (χ1) is 9.26. The number of likely N-dealkylation sites (tertiary alicyclic amines) is 1. The summed E-state index contributed by atoms with van der Waals surface area (Å²) in [5.74, 6) is 1.93. The van der Waals surface area contributed by atoms with Gasteiger partial charge in [0, 0.05) is 30.1 Å². The second-order valence-corrected chi connectivity index (χ2v) is 6.34. The van der Waals surface area contributed by atoms with Crippen LogP contribution < -0.4 is 10.1 Å². The van der Waals surface area contributed by atoms with Crippen LogP contribution in [-0.2, 0) is 6.54 Å². The Labute approximate surface area is 117 Å². The Morgan fingerprint density at radius 2 is 2.26 bits per heavy atom. The minimum Gasteiger partial charge on any atom is -0.497 e. The minimum atomic E-state index is 0.0728. The van der Waals surface area contributed by atoms with Gasteiger partial charge in [0.2, 0.25) is 0 Å². The van der Waals surface area contributed by atoms with Crippen LogP contribution in [0.3, 0.4) is 0 Å². The Kier molecular flexibility index (Phi) is 3.55. The molecule has 3 rings (SSSR count). The molecule has 1 aromatic rings. The smallest absolute Gasteiger partial charge is 0.317 e. The molecule has 5 heteroatoms. The van der Waals surface area contributed by atoms with Crippen LogP contribution in [0, 0.1) is 0 Å². The van der Waals surface area contributed by atoms with E-state index in [0.717, 1.165) is 23.6 Å². The quantitative estimate of drug-likeness (QED) is 0.920. The molecular weight excluding hydrogens is 260 g/mol. The Morgan fingerprint density at radius 1 is 1.47 bits per heavy atom. The highest BCUT2D eigenvalue weighted by molar-refractivity contribution is 8.00. The number of fused-ring (bicyclic) bond motifs is 2. The number of hydrogen-bond acceptors (Lipinski definition) is 3. The van der Waals surface area contributed by atoms with Gasteiger partial charge in [-0.15, -0.1) is 0 Å². The molecule has 2 heterocycles. The Bertz CT molecular complexity index is 463. The highest BCUT2D eigenvalue weighted by Crippen LogP contribution is 2.37.